The van der Waals surface area contributed by atoms with Crippen LogP contribution in [0.3, 0.4) is 0 Å². The van der Waals surface area contributed by atoms with Crippen molar-refractivity contribution >= 4 is 23.4 Å². The van der Waals surface area contributed by atoms with Crippen molar-refractivity contribution in [1.29, 1.82) is 0 Å². The highest BCUT2D eigenvalue weighted by atomic mass is 35.5. The molecular weight excluding hydrogens is 550 g/mol. The minimum absolute atomic E-state index is 0.000983. The molecule has 1 heterocycles. The van der Waals surface area contributed by atoms with Crippen molar-refractivity contribution in [2.45, 2.75) is 51.4 Å². The number of methoxy groups -OCH3 is 1. The zero-order valence-corrected chi connectivity index (χ0v) is 25.0. The standard InChI is InChI=1S/C35H36ClNO5/c1-4-17-41-30-15-12-25(21-31(30)40-3)33-32(35(39)42-18-16-23-8-6-5-7-9-23)22(2)37-28-19-26(20-29(38)34(28)33)24-10-13-27(36)14-11-24/h5-15,21,26,33,37H,4,16-20H2,1-3H3/t26-,33+/m0/s1. The summed E-state index contributed by atoms with van der Waals surface area (Å²) in [5, 5.41) is 4.08. The molecule has 0 amide bonds. The van der Waals surface area contributed by atoms with E-state index in [2.05, 4.69) is 5.32 Å². The van der Waals surface area contributed by atoms with Gasteiger partial charge in [-0.2, -0.15) is 0 Å². The molecule has 218 valence electrons. The topological polar surface area (TPSA) is 73.9 Å². The molecule has 7 heteroatoms. The zero-order chi connectivity index (χ0) is 29.6. The van der Waals surface area contributed by atoms with Crippen LogP contribution in [0.1, 0.15) is 61.6 Å². The number of rotatable bonds is 10. The Kier molecular flexibility index (Phi) is 9.33. The number of halogens is 1. The van der Waals surface area contributed by atoms with E-state index in [0.717, 1.165) is 28.8 Å². The Hall–Kier alpha value is -4.03. The third kappa shape index (κ3) is 6.39. The molecule has 1 N–H and O–H groups in total. The smallest absolute Gasteiger partial charge is 0.336 e. The maximum absolute atomic E-state index is 13.9. The number of hydrogen-bond acceptors (Lipinski definition) is 6. The molecule has 3 aromatic carbocycles. The predicted molar refractivity (Wildman–Crippen MR) is 164 cm³/mol. The van der Waals surface area contributed by atoms with Crippen molar-refractivity contribution < 1.29 is 23.8 Å². The Balaban J connectivity index is 1.50. The number of benzene rings is 3. The number of carbonyl (C=O) groups is 2. The first kappa shape index (κ1) is 29.5. The number of esters is 1. The van der Waals surface area contributed by atoms with Gasteiger partial charge in [-0.05, 0) is 66.6 Å². The molecule has 0 saturated heterocycles. The van der Waals surface area contributed by atoms with E-state index < -0.39 is 11.9 Å². The molecule has 0 unspecified atom stereocenters. The minimum atomic E-state index is -0.599. The summed E-state index contributed by atoms with van der Waals surface area (Å²) in [6, 6.07) is 23.2. The number of dihydropyridines is 1. The van der Waals surface area contributed by atoms with Gasteiger partial charge in [0, 0.05) is 40.7 Å². The van der Waals surface area contributed by atoms with Crippen LogP contribution in [0.4, 0.5) is 0 Å². The van der Waals surface area contributed by atoms with Crippen molar-refractivity contribution in [3.63, 3.8) is 0 Å². The van der Waals surface area contributed by atoms with Crippen LogP contribution < -0.4 is 14.8 Å². The fourth-order valence-corrected chi connectivity index (χ4v) is 5.92. The summed E-state index contributed by atoms with van der Waals surface area (Å²) < 4.78 is 17.4. The second-order valence-electron chi connectivity index (χ2n) is 10.7. The van der Waals surface area contributed by atoms with Crippen LogP contribution in [0.25, 0.3) is 0 Å². The molecule has 2 atom stereocenters. The molecule has 0 fully saturated rings. The quantitative estimate of drug-likeness (QED) is 0.252. The average molecular weight is 586 g/mol. The Morgan fingerprint density at radius 2 is 1.69 bits per heavy atom. The highest BCUT2D eigenvalue weighted by Gasteiger charge is 2.41. The van der Waals surface area contributed by atoms with Gasteiger partial charge in [0.1, 0.15) is 0 Å². The van der Waals surface area contributed by atoms with E-state index in [9.17, 15) is 9.59 Å². The molecule has 42 heavy (non-hydrogen) atoms. The lowest BCUT2D eigenvalue weighted by atomic mass is 9.71. The summed E-state index contributed by atoms with van der Waals surface area (Å²) in [5.74, 6) is 0.146. The van der Waals surface area contributed by atoms with Crippen molar-refractivity contribution in [2.24, 2.45) is 0 Å². The first-order valence-corrected chi connectivity index (χ1v) is 14.8. The van der Waals surface area contributed by atoms with Crippen molar-refractivity contribution in [3.8, 4) is 11.5 Å². The summed E-state index contributed by atoms with van der Waals surface area (Å²) in [7, 11) is 1.59. The lowest BCUT2D eigenvalue weighted by Crippen LogP contribution is -2.36. The highest BCUT2D eigenvalue weighted by Crippen LogP contribution is 2.47. The van der Waals surface area contributed by atoms with E-state index in [-0.39, 0.29) is 18.3 Å². The molecule has 3 aromatic rings. The summed E-state index contributed by atoms with van der Waals surface area (Å²) in [6.45, 7) is 4.70. The maximum atomic E-state index is 13.9. The van der Waals surface area contributed by atoms with Gasteiger partial charge >= 0.3 is 5.97 Å². The number of Topliss-reactive ketones (excluding diaryl/α,β-unsaturated/α-hetero) is 1. The van der Waals surface area contributed by atoms with E-state index in [4.69, 9.17) is 25.8 Å². The van der Waals surface area contributed by atoms with Crippen LogP contribution >= 0.6 is 11.6 Å². The minimum Gasteiger partial charge on any atom is -0.493 e. The van der Waals surface area contributed by atoms with Crippen LogP contribution in [0.15, 0.2) is 95.3 Å². The summed E-state index contributed by atoms with van der Waals surface area (Å²) in [4.78, 5) is 27.7. The Labute approximate surface area is 252 Å². The largest absolute Gasteiger partial charge is 0.493 e. The average Bonchev–Trinajstić information content (AvgIpc) is 3.00. The number of carbonyl (C=O) groups excluding carboxylic acids is 2. The fourth-order valence-electron chi connectivity index (χ4n) is 5.79. The molecule has 0 spiro atoms. The molecule has 5 rings (SSSR count). The van der Waals surface area contributed by atoms with Crippen LogP contribution in [-0.4, -0.2) is 32.1 Å². The van der Waals surface area contributed by atoms with Crippen molar-refractivity contribution in [3.05, 3.63) is 117 Å². The van der Waals surface area contributed by atoms with Gasteiger partial charge in [0.05, 0.1) is 25.9 Å². The summed E-state index contributed by atoms with van der Waals surface area (Å²) in [6.07, 6.45) is 2.44. The van der Waals surface area contributed by atoms with Crippen LogP contribution in [-0.2, 0) is 20.7 Å². The lowest BCUT2D eigenvalue weighted by molar-refractivity contribution is -0.139. The Morgan fingerprint density at radius 3 is 2.40 bits per heavy atom. The first-order chi connectivity index (χ1) is 20.4. The van der Waals surface area contributed by atoms with E-state index in [0.29, 0.717) is 59.2 Å². The number of nitrogens with one attached hydrogen (secondary N) is 1. The van der Waals surface area contributed by atoms with E-state index in [1.165, 1.54) is 0 Å². The van der Waals surface area contributed by atoms with Gasteiger partial charge in [-0.3, -0.25) is 4.79 Å². The second-order valence-corrected chi connectivity index (χ2v) is 11.1. The van der Waals surface area contributed by atoms with Crippen molar-refractivity contribution in [1.82, 2.24) is 5.32 Å². The molecule has 0 bridgehead atoms. The second kappa shape index (κ2) is 13.3. The maximum Gasteiger partial charge on any atom is 0.336 e. The van der Waals surface area contributed by atoms with Crippen molar-refractivity contribution in [2.75, 3.05) is 20.3 Å². The molecule has 0 saturated carbocycles. The molecule has 2 aliphatic rings. The van der Waals surface area contributed by atoms with Gasteiger partial charge in [0.25, 0.3) is 0 Å². The molecule has 0 radical (unpaired) electrons. The van der Waals surface area contributed by atoms with Gasteiger partial charge in [0.2, 0.25) is 0 Å². The third-order valence-electron chi connectivity index (χ3n) is 7.84. The number of ketones is 1. The van der Waals surface area contributed by atoms with E-state index >= 15 is 0 Å². The normalized spacial score (nSPS) is 18.3. The predicted octanol–water partition coefficient (Wildman–Crippen LogP) is 7.28. The number of allylic oxidation sites excluding steroid dienone is 3. The Morgan fingerprint density at radius 1 is 0.952 bits per heavy atom. The SMILES string of the molecule is CCCOc1ccc([C@@H]2C(C(=O)OCCc3ccccc3)=C(C)NC3=C2C(=O)C[C@@H](c2ccc(Cl)cc2)C3)cc1OC. The van der Waals surface area contributed by atoms with Gasteiger partial charge < -0.3 is 19.5 Å². The van der Waals surface area contributed by atoms with Crippen LogP contribution in [0.5, 0.6) is 11.5 Å². The van der Waals surface area contributed by atoms with Gasteiger partial charge in [-0.1, -0.05) is 67.1 Å². The van der Waals surface area contributed by atoms with Gasteiger partial charge in [-0.25, -0.2) is 4.79 Å². The summed E-state index contributed by atoms with van der Waals surface area (Å²) in [5.41, 5.74) is 5.47. The molecule has 1 aliphatic carbocycles. The third-order valence-corrected chi connectivity index (χ3v) is 8.09. The number of hydrogen-bond donors (Lipinski definition) is 1. The van der Waals surface area contributed by atoms with E-state index in [1.807, 2.05) is 86.6 Å². The first-order valence-electron chi connectivity index (χ1n) is 14.4. The van der Waals surface area contributed by atoms with Crippen LogP contribution in [0, 0.1) is 0 Å². The monoisotopic (exact) mass is 585 g/mol. The molecule has 1 aliphatic heterocycles. The highest BCUT2D eigenvalue weighted by molar-refractivity contribution is 6.30. The number of ether oxygens (including phenoxy) is 3. The molecular formula is C35H36ClNO5. The zero-order valence-electron chi connectivity index (χ0n) is 24.2. The van der Waals surface area contributed by atoms with Crippen LogP contribution in [0.2, 0.25) is 5.02 Å². The fraction of sp³-hybridized carbons (Fsp3) is 0.314. The van der Waals surface area contributed by atoms with E-state index in [1.54, 1.807) is 7.11 Å². The van der Waals surface area contributed by atoms with Gasteiger partial charge in [-0.15, -0.1) is 0 Å². The lowest BCUT2D eigenvalue weighted by Gasteiger charge is -2.37. The molecule has 6 nitrogen and oxygen atoms in total. The summed E-state index contributed by atoms with van der Waals surface area (Å²) >= 11 is 6.12. The van der Waals surface area contributed by atoms with Gasteiger partial charge in [0.15, 0.2) is 17.3 Å². The Bertz CT molecular complexity index is 1510. The molecule has 0 aromatic heterocycles.